The van der Waals surface area contributed by atoms with E-state index in [9.17, 15) is 14.4 Å². The Kier molecular flexibility index (Phi) is 6.10. The van der Waals surface area contributed by atoms with Gasteiger partial charge in [-0.15, -0.1) is 0 Å². The van der Waals surface area contributed by atoms with Gasteiger partial charge in [-0.2, -0.15) is 0 Å². The lowest BCUT2D eigenvalue weighted by molar-refractivity contribution is -0.149. The number of carbonyl (C=O) groups excluding carboxylic acids is 3. The van der Waals surface area contributed by atoms with E-state index in [1.807, 2.05) is 6.08 Å². The summed E-state index contributed by atoms with van der Waals surface area (Å²) in [5.41, 5.74) is 0. The summed E-state index contributed by atoms with van der Waals surface area (Å²) in [6.45, 7) is -0.0880. The van der Waals surface area contributed by atoms with E-state index in [-0.39, 0.29) is 48.2 Å². The van der Waals surface area contributed by atoms with Gasteiger partial charge in [-0.3, -0.25) is 19.3 Å². The smallest absolute Gasteiger partial charge is 0.243 e. The predicted octanol–water partition coefficient (Wildman–Crippen LogP) is 4.00. The van der Waals surface area contributed by atoms with Gasteiger partial charge in [-0.05, 0) is 38.5 Å². The van der Waals surface area contributed by atoms with Gasteiger partial charge in [0.2, 0.25) is 17.7 Å². The molecular formula is C22H31ClN2O3. The Labute approximate surface area is 172 Å². The summed E-state index contributed by atoms with van der Waals surface area (Å²) in [6, 6.07) is 0.547. The average Bonchev–Trinajstić information content (AvgIpc) is 2.94. The molecule has 3 fully saturated rings. The van der Waals surface area contributed by atoms with Gasteiger partial charge in [0, 0.05) is 17.1 Å². The SMILES string of the molecule is O=C1[C@H]2CC=C(Cl)C[C@@H]2C(=O)N1CC(=O)N(C1CCCCC1)C1CCCCC1. The van der Waals surface area contributed by atoms with Crippen molar-refractivity contribution in [3.63, 3.8) is 0 Å². The third-order valence-corrected chi connectivity index (χ3v) is 7.49. The van der Waals surface area contributed by atoms with Crippen LogP contribution in [0.5, 0.6) is 0 Å². The summed E-state index contributed by atoms with van der Waals surface area (Å²) in [5.74, 6) is -1.13. The lowest BCUT2D eigenvalue weighted by Crippen LogP contribution is -2.52. The van der Waals surface area contributed by atoms with E-state index in [1.165, 1.54) is 17.7 Å². The highest BCUT2D eigenvalue weighted by Crippen LogP contribution is 2.39. The van der Waals surface area contributed by atoms with E-state index in [1.54, 1.807) is 0 Å². The number of amides is 3. The topological polar surface area (TPSA) is 57.7 Å². The summed E-state index contributed by atoms with van der Waals surface area (Å²) in [7, 11) is 0. The van der Waals surface area contributed by atoms with Crippen LogP contribution in [0.3, 0.4) is 0 Å². The maximum absolute atomic E-state index is 13.4. The first kappa shape index (κ1) is 19.9. The Morgan fingerprint density at radius 1 is 0.929 bits per heavy atom. The minimum absolute atomic E-state index is 0.0294. The van der Waals surface area contributed by atoms with Gasteiger partial charge in [0.05, 0.1) is 11.8 Å². The van der Waals surface area contributed by atoms with Crippen molar-refractivity contribution >= 4 is 29.3 Å². The fourth-order valence-electron chi connectivity index (χ4n) is 5.69. The van der Waals surface area contributed by atoms with Gasteiger partial charge < -0.3 is 4.90 Å². The van der Waals surface area contributed by atoms with Crippen LogP contribution in [-0.4, -0.2) is 46.1 Å². The van der Waals surface area contributed by atoms with Crippen molar-refractivity contribution in [2.24, 2.45) is 11.8 Å². The zero-order valence-electron chi connectivity index (χ0n) is 16.6. The summed E-state index contributed by atoms with van der Waals surface area (Å²) in [6.07, 6.45) is 14.1. The van der Waals surface area contributed by atoms with Crippen LogP contribution in [0.2, 0.25) is 0 Å². The molecule has 0 unspecified atom stereocenters. The lowest BCUT2D eigenvalue weighted by atomic mass is 9.85. The number of likely N-dealkylation sites (tertiary alicyclic amines) is 1. The van der Waals surface area contributed by atoms with Crippen molar-refractivity contribution < 1.29 is 14.4 Å². The minimum atomic E-state index is -0.379. The first-order valence-electron chi connectivity index (χ1n) is 11.1. The van der Waals surface area contributed by atoms with Crippen molar-refractivity contribution in [3.05, 3.63) is 11.1 Å². The molecule has 1 heterocycles. The van der Waals surface area contributed by atoms with E-state index in [4.69, 9.17) is 11.6 Å². The molecule has 0 aromatic rings. The highest BCUT2D eigenvalue weighted by Gasteiger charge is 2.49. The minimum Gasteiger partial charge on any atom is -0.335 e. The average molecular weight is 407 g/mol. The zero-order chi connectivity index (χ0) is 19.7. The van der Waals surface area contributed by atoms with E-state index < -0.39 is 0 Å². The first-order chi connectivity index (χ1) is 13.6. The van der Waals surface area contributed by atoms with Crippen molar-refractivity contribution in [2.45, 2.75) is 89.1 Å². The molecule has 0 radical (unpaired) electrons. The van der Waals surface area contributed by atoms with E-state index in [2.05, 4.69) is 4.90 Å². The summed E-state index contributed by atoms with van der Waals surface area (Å²) in [4.78, 5) is 42.4. The molecule has 3 amide bonds. The van der Waals surface area contributed by atoms with Crippen LogP contribution < -0.4 is 0 Å². The monoisotopic (exact) mass is 406 g/mol. The maximum atomic E-state index is 13.4. The quantitative estimate of drug-likeness (QED) is 0.663. The third-order valence-electron chi connectivity index (χ3n) is 7.18. The molecule has 4 aliphatic rings. The summed E-state index contributed by atoms with van der Waals surface area (Å²) in [5, 5.41) is 0.654. The van der Waals surface area contributed by atoms with Gasteiger partial charge in [0.1, 0.15) is 6.54 Å². The van der Waals surface area contributed by atoms with Crippen LogP contribution in [0.1, 0.15) is 77.0 Å². The maximum Gasteiger partial charge on any atom is 0.243 e. The molecular weight excluding hydrogens is 376 g/mol. The molecule has 0 bridgehead atoms. The Bertz CT molecular complexity index is 647. The Balaban J connectivity index is 1.49. The predicted molar refractivity (Wildman–Crippen MR) is 107 cm³/mol. The number of fused-ring (bicyclic) bond motifs is 1. The van der Waals surface area contributed by atoms with Gasteiger partial charge >= 0.3 is 0 Å². The molecule has 1 aliphatic heterocycles. The second-order valence-corrected chi connectivity index (χ2v) is 9.44. The van der Waals surface area contributed by atoms with Crippen LogP contribution >= 0.6 is 11.6 Å². The normalized spacial score (nSPS) is 29.6. The number of nitrogens with zero attached hydrogens (tertiary/aromatic N) is 2. The summed E-state index contributed by atoms with van der Waals surface area (Å²) < 4.78 is 0. The molecule has 0 spiro atoms. The van der Waals surface area contributed by atoms with Crippen molar-refractivity contribution in [1.29, 1.82) is 0 Å². The van der Waals surface area contributed by atoms with Crippen LogP contribution in [0.15, 0.2) is 11.1 Å². The number of allylic oxidation sites excluding steroid dienone is 2. The third kappa shape index (κ3) is 3.87. The Hall–Kier alpha value is -1.36. The second kappa shape index (κ2) is 8.56. The van der Waals surface area contributed by atoms with Crippen molar-refractivity contribution in [1.82, 2.24) is 9.80 Å². The molecule has 3 aliphatic carbocycles. The second-order valence-electron chi connectivity index (χ2n) is 8.95. The van der Waals surface area contributed by atoms with Gasteiger partial charge in [0.25, 0.3) is 0 Å². The van der Waals surface area contributed by atoms with E-state index >= 15 is 0 Å². The van der Waals surface area contributed by atoms with Gasteiger partial charge in [0.15, 0.2) is 0 Å². The number of hydrogen-bond donors (Lipinski definition) is 0. The van der Waals surface area contributed by atoms with Crippen LogP contribution in [0, 0.1) is 11.8 Å². The van der Waals surface area contributed by atoms with Crippen LogP contribution in [0.4, 0.5) is 0 Å². The molecule has 2 saturated carbocycles. The molecule has 28 heavy (non-hydrogen) atoms. The summed E-state index contributed by atoms with van der Waals surface area (Å²) >= 11 is 6.11. The lowest BCUT2D eigenvalue weighted by Gasteiger charge is -2.42. The van der Waals surface area contributed by atoms with Crippen molar-refractivity contribution in [3.8, 4) is 0 Å². The molecule has 0 aromatic carbocycles. The van der Waals surface area contributed by atoms with Crippen LogP contribution in [0.25, 0.3) is 0 Å². The highest BCUT2D eigenvalue weighted by atomic mass is 35.5. The van der Waals surface area contributed by atoms with Gasteiger partial charge in [-0.1, -0.05) is 56.2 Å². The Morgan fingerprint density at radius 3 is 2.04 bits per heavy atom. The number of carbonyl (C=O) groups is 3. The highest BCUT2D eigenvalue weighted by molar-refractivity contribution is 6.30. The van der Waals surface area contributed by atoms with Crippen LogP contribution in [-0.2, 0) is 14.4 Å². The standard InChI is InChI=1S/C22H31ClN2O3/c23-15-11-12-18-19(13-15)22(28)24(21(18)27)14-20(26)25(16-7-3-1-4-8-16)17-9-5-2-6-10-17/h11,16-19H,1-10,12-14H2/t18-,19-/m0/s1. The fourth-order valence-corrected chi connectivity index (χ4v) is 5.95. The molecule has 1 saturated heterocycles. The number of imide groups is 1. The number of halogens is 1. The molecule has 2 atom stereocenters. The van der Waals surface area contributed by atoms with E-state index in [0.29, 0.717) is 17.9 Å². The van der Waals surface area contributed by atoms with E-state index in [0.717, 1.165) is 51.4 Å². The van der Waals surface area contributed by atoms with Crippen molar-refractivity contribution in [2.75, 3.05) is 6.54 Å². The first-order valence-corrected chi connectivity index (χ1v) is 11.4. The van der Waals surface area contributed by atoms with Gasteiger partial charge in [-0.25, -0.2) is 0 Å². The largest absolute Gasteiger partial charge is 0.335 e. The molecule has 4 rings (SSSR count). The Morgan fingerprint density at radius 2 is 1.46 bits per heavy atom. The molecule has 0 N–H and O–H groups in total. The fraction of sp³-hybridized carbons (Fsp3) is 0.773. The number of rotatable bonds is 4. The zero-order valence-corrected chi connectivity index (χ0v) is 17.3. The molecule has 0 aromatic heterocycles. The number of hydrogen-bond acceptors (Lipinski definition) is 3. The molecule has 5 nitrogen and oxygen atoms in total. The molecule has 154 valence electrons. The molecule has 6 heteroatoms.